The van der Waals surface area contributed by atoms with Gasteiger partial charge in [-0.05, 0) is 26.1 Å². The van der Waals surface area contributed by atoms with Gasteiger partial charge in [-0.3, -0.25) is 4.72 Å². The summed E-state index contributed by atoms with van der Waals surface area (Å²) in [4.78, 5) is 4.35. The summed E-state index contributed by atoms with van der Waals surface area (Å²) in [6.07, 6.45) is 1.65. The van der Waals surface area contributed by atoms with Crippen molar-refractivity contribution >= 4 is 15.7 Å². The van der Waals surface area contributed by atoms with Gasteiger partial charge < -0.3 is 19.3 Å². The van der Waals surface area contributed by atoms with Crippen molar-refractivity contribution in [3.05, 3.63) is 18.0 Å². The molecule has 1 atom stereocenters. The molecule has 0 amide bonds. The van der Waals surface area contributed by atoms with Crippen molar-refractivity contribution in [3.63, 3.8) is 0 Å². The lowest BCUT2D eigenvalue weighted by atomic mass is 10.1. The van der Waals surface area contributed by atoms with Crippen LogP contribution in [0.25, 0.3) is 11.5 Å². The molecule has 10 heteroatoms. The molecule has 1 unspecified atom stereocenters. The first-order chi connectivity index (χ1) is 11.8. The van der Waals surface area contributed by atoms with E-state index in [1.54, 1.807) is 12.1 Å². The number of rotatable bonds is 8. The average Bonchev–Trinajstić information content (AvgIpc) is 3.00. The van der Waals surface area contributed by atoms with E-state index in [4.69, 9.17) is 14.0 Å². The monoisotopic (exact) mass is 370 g/mol. The molecule has 25 heavy (non-hydrogen) atoms. The number of anilines is 1. The molecule has 0 bridgehead atoms. The van der Waals surface area contributed by atoms with Crippen LogP contribution in [0.1, 0.15) is 12.7 Å². The first-order valence-corrected chi connectivity index (χ1v) is 9.40. The summed E-state index contributed by atoms with van der Waals surface area (Å²) in [5, 5.41) is 7.04. The highest BCUT2D eigenvalue weighted by atomic mass is 32.2. The molecule has 0 radical (unpaired) electrons. The summed E-state index contributed by atoms with van der Waals surface area (Å²) in [7, 11) is 1.23. The zero-order valence-electron chi connectivity index (χ0n) is 14.8. The van der Waals surface area contributed by atoms with Gasteiger partial charge in [0.15, 0.2) is 17.3 Å². The van der Waals surface area contributed by atoms with Crippen molar-refractivity contribution in [3.8, 4) is 23.0 Å². The molecule has 2 rings (SSSR count). The Balaban J connectivity index is 2.46. The van der Waals surface area contributed by atoms with E-state index in [1.807, 2.05) is 14.0 Å². The highest BCUT2D eigenvalue weighted by Crippen LogP contribution is 2.39. The van der Waals surface area contributed by atoms with E-state index in [0.29, 0.717) is 23.6 Å². The lowest BCUT2D eigenvalue weighted by molar-refractivity contribution is 0.356. The highest BCUT2D eigenvalue weighted by Gasteiger charge is 2.19. The minimum absolute atomic E-state index is 0.193. The average molecular weight is 370 g/mol. The predicted octanol–water partition coefficient (Wildman–Crippen LogP) is 1.28. The summed E-state index contributed by atoms with van der Waals surface area (Å²) in [5.74, 6) is 1.41. The van der Waals surface area contributed by atoms with Crippen LogP contribution in [0.15, 0.2) is 16.7 Å². The smallest absolute Gasteiger partial charge is 0.258 e. The number of hydrogen-bond acceptors (Lipinski definition) is 8. The number of nitrogens with zero attached hydrogens (tertiary/aromatic N) is 2. The molecule has 1 aromatic carbocycles. The minimum atomic E-state index is -3.51. The minimum Gasteiger partial charge on any atom is -0.493 e. The SMILES string of the molecule is CNC(C)Cc1noc(-c2cc(NS(C)(=O)=O)c(OC)c(OC)c2)n1. The van der Waals surface area contributed by atoms with Crippen molar-refractivity contribution in [1.82, 2.24) is 15.5 Å². The van der Waals surface area contributed by atoms with Crippen molar-refractivity contribution in [2.45, 2.75) is 19.4 Å². The maximum absolute atomic E-state index is 11.6. The van der Waals surface area contributed by atoms with E-state index in [0.717, 1.165) is 6.26 Å². The van der Waals surface area contributed by atoms with Crippen molar-refractivity contribution < 1.29 is 22.4 Å². The van der Waals surface area contributed by atoms with Crippen LogP contribution < -0.4 is 19.5 Å². The van der Waals surface area contributed by atoms with Crippen LogP contribution in [-0.4, -0.2) is 52.1 Å². The molecule has 2 aromatic rings. The molecule has 1 aromatic heterocycles. The number of likely N-dealkylation sites (N-methyl/N-ethyl adjacent to an activating group) is 1. The second kappa shape index (κ2) is 7.70. The zero-order valence-corrected chi connectivity index (χ0v) is 15.6. The quantitative estimate of drug-likeness (QED) is 0.714. The molecule has 0 saturated heterocycles. The van der Waals surface area contributed by atoms with E-state index in [9.17, 15) is 8.42 Å². The Labute approximate surface area is 146 Å². The number of methoxy groups -OCH3 is 2. The number of aromatic nitrogens is 2. The van der Waals surface area contributed by atoms with E-state index in [-0.39, 0.29) is 23.4 Å². The Bertz CT molecular complexity index is 834. The zero-order chi connectivity index (χ0) is 18.6. The van der Waals surface area contributed by atoms with Crippen LogP contribution in [0.3, 0.4) is 0 Å². The molecule has 2 N–H and O–H groups in total. The maximum Gasteiger partial charge on any atom is 0.258 e. The molecule has 0 saturated carbocycles. The first kappa shape index (κ1) is 19.0. The fourth-order valence-electron chi connectivity index (χ4n) is 2.19. The van der Waals surface area contributed by atoms with Gasteiger partial charge in [0.2, 0.25) is 10.0 Å². The van der Waals surface area contributed by atoms with Gasteiger partial charge in [0.05, 0.1) is 26.2 Å². The fraction of sp³-hybridized carbons (Fsp3) is 0.467. The van der Waals surface area contributed by atoms with Crippen LogP contribution in [0, 0.1) is 0 Å². The summed E-state index contributed by atoms with van der Waals surface area (Å²) in [6, 6.07) is 3.39. The van der Waals surface area contributed by atoms with Gasteiger partial charge in [-0.25, -0.2) is 8.42 Å². The summed E-state index contributed by atoms with van der Waals surface area (Å²) >= 11 is 0. The Kier molecular flexibility index (Phi) is 5.85. The molecule has 0 spiro atoms. The molecule has 0 aliphatic heterocycles. The van der Waals surface area contributed by atoms with Crippen molar-refractivity contribution in [1.29, 1.82) is 0 Å². The molecular formula is C15H22N4O5S. The number of sulfonamides is 1. The number of nitrogens with one attached hydrogen (secondary N) is 2. The van der Waals surface area contributed by atoms with Gasteiger partial charge in [-0.15, -0.1) is 0 Å². The van der Waals surface area contributed by atoms with Gasteiger partial charge in [-0.2, -0.15) is 4.98 Å². The van der Waals surface area contributed by atoms with Gasteiger partial charge in [0.25, 0.3) is 5.89 Å². The molecule has 0 aliphatic rings. The van der Waals surface area contributed by atoms with Crippen LogP contribution in [0.5, 0.6) is 11.5 Å². The maximum atomic E-state index is 11.6. The largest absolute Gasteiger partial charge is 0.493 e. The summed E-state index contributed by atoms with van der Waals surface area (Å²) < 4.78 is 41.4. The van der Waals surface area contributed by atoms with Crippen molar-refractivity contribution in [2.24, 2.45) is 0 Å². The first-order valence-electron chi connectivity index (χ1n) is 7.51. The Morgan fingerprint density at radius 1 is 1.28 bits per heavy atom. The van der Waals surface area contributed by atoms with E-state index in [2.05, 4.69) is 20.2 Å². The number of benzene rings is 1. The van der Waals surface area contributed by atoms with Crippen LogP contribution in [-0.2, 0) is 16.4 Å². The molecule has 9 nitrogen and oxygen atoms in total. The fourth-order valence-corrected chi connectivity index (χ4v) is 2.74. The van der Waals surface area contributed by atoms with E-state index in [1.165, 1.54) is 14.2 Å². The normalized spacial score (nSPS) is 12.7. The third-order valence-electron chi connectivity index (χ3n) is 3.47. The molecule has 0 aliphatic carbocycles. The lowest BCUT2D eigenvalue weighted by Crippen LogP contribution is -2.24. The molecule has 138 valence electrons. The second-order valence-corrected chi connectivity index (χ2v) is 7.29. The van der Waals surface area contributed by atoms with E-state index < -0.39 is 10.0 Å². The standard InChI is InChI=1S/C15H22N4O5S/c1-9(16-2)6-13-17-15(24-18-13)10-7-11(19-25(5,20)21)14(23-4)12(8-10)22-3/h7-9,16,19H,6H2,1-5H3. The Morgan fingerprint density at radius 2 is 2.00 bits per heavy atom. The van der Waals surface area contributed by atoms with Crippen LogP contribution in [0.4, 0.5) is 5.69 Å². The third kappa shape index (κ3) is 4.83. The predicted molar refractivity (Wildman–Crippen MR) is 93.5 cm³/mol. The van der Waals surface area contributed by atoms with Crippen LogP contribution in [0.2, 0.25) is 0 Å². The Morgan fingerprint density at radius 3 is 2.56 bits per heavy atom. The lowest BCUT2D eigenvalue weighted by Gasteiger charge is -2.14. The van der Waals surface area contributed by atoms with Gasteiger partial charge in [-0.1, -0.05) is 5.16 Å². The van der Waals surface area contributed by atoms with Crippen LogP contribution >= 0.6 is 0 Å². The van der Waals surface area contributed by atoms with E-state index >= 15 is 0 Å². The summed E-state index contributed by atoms with van der Waals surface area (Å²) in [5.41, 5.74) is 0.738. The number of ether oxygens (including phenoxy) is 2. The van der Waals surface area contributed by atoms with Gasteiger partial charge >= 0.3 is 0 Å². The van der Waals surface area contributed by atoms with Crippen molar-refractivity contribution in [2.75, 3.05) is 32.2 Å². The second-order valence-electron chi connectivity index (χ2n) is 5.54. The highest BCUT2D eigenvalue weighted by molar-refractivity contribution is 7.92. The summed E-state index contributed by atoms with van der Waals surface area (Å²) in [6.45, 7) is 2.00. The third-order valence-corrected chi connectivity index (χ3v) is 4.06. The Hall–Kier alpha value is -2.33. The number of hydrogen-bond donors (Lipinski definition) is 2. The molecular weight excluding hydrogens is 348 g/mol. The van der Waals surface area contributed by atoms with Gasteiger partial charge in [0, 0.05) is 18.0 Å². The topological polar surface area (TPSA) is 116 Å². The van der Waals surface area contributed by atoms with Gasteiger partial charge in [0.1, 0.15) is 0 Å². The molecule has 0 fully saturated rings. The molecule has 1 heterocycles.